The summed E-state index contributed by atoms with van der Waals surface area (Å²) in [7, 11) is 0. The van der Waals surface area contributed by atoms with Crippen LogP contribution in [0, 0.1) is 0 Å². The maximum atomic E-state index is 2.44. The molecule has 0 amide bonds. The molecule has 0 unspecified atom stereocenters. The second kappa shape index (κ2) is 10.5. The van der Waals surface area contributed by atoms with Gasteiger partial charge in [0.1, 0.15) is 0 Å². The van der Waals surface area contributed by atoms with Gasteiger partial charge in [-0.2, -0.15) is 0 Å². The van der Waals surface area contributed by atoms with E-state index in [0.717, 1.165) is 0 Å². The van der Waals surface area contributed by atoms with Gasteiger partial charge in [-0.15, -0.1) is 24.8 Å². The minimum absolute atomic E-state index is 0. The number of benzene rings is 2. The van der Waals surface area contributed by atoms with Crippen LogP contribution < -0.4 is 13.3 Å². The molecule has 0 nitrogen and oxygen atoms in total. The number of rotatable bonds is 4. The van der Waals surface area contributed by atoms with Crippen LogP contribution in [0.15, 0.2) is 146 Å². The molecule has 0 fully saturated rings. The topological polar surface area (TPSA) is 0 Å². The number of halogens is 2. The van der Waals surface area contributed by atoms with Gasteiger partial charge in [-0.05, 0) is 0 Å². The molecule has 0 heterocycles. The van der Waals surface area contributed by atoms with Crippen molar-refractivity contribution >= 4 is 45.0 Å². The van der Waals surface area contributed by atoms with Gasteiger partial charge in [0.2, 0.25) is 0 Å². The van der Waals surface area contributed by atoms with Crippen molar-refractivity contribution in [3.63, 3.8) is 0 Å². The van der Waals surface area contributed by atoms with Crippen LogP contribution in [0.4, 0.5) is 0 Å². The maximum absolute atomic E-state index is 4.56. The number of fused-ring (bicyclic) bond motifs is 2. The predicted molar refractivity (Wildman–Crippen MR) is 161 cm³/mol. The van der Waals surface area contributed by atoms with Gasteiger partial charge in [0, 0.05) is 0 Å². The molecule has 0 N–H and O–H groups in total. The summed E-state index contributed by atoms with van der Waals surface area (Å²) in [5.74, 6) is 0. The van der Waals surface area contributed by atoms with E-state index >= 15 is 0 Å². The van der Waals surface area contributed by atoms with Crippen LogP contribution in [-0.4, -0.2) is 6.94 Å². The van der Waals surface area contributed by atoms with Crippen molar-refractivity contribution in [2.45, 2.75) is 0 Å². The molecule has 178 valence electrons. The molecule has 0 saturated carbocycles. The van der Waals surface area contributed by atoms with Crippen molar-refractivity contribution in [3.8, 4) is 22.3 Å². The Balaban J connectivity index is 0.00000152. The molecule has 0 aromatic heterocycles. The monoisotopic (exact) mass is 690 g/mol. The molecule has 0 saturated heterocycles. The van der Waals surface area contributed by atoms with E-state index in [1.54, 1.807) is 0 Å². The molecule has 0 aliphatic heterocycles. The molecule has 4 aliphatic rings. The fourth-order valence-electron chi connectivity index (χ4n) is 5.94. The van der Waals surface area contributed by atoms with E-state index in [0.29, 0.717) is 0 Å². The Bertz CT molecular complexity index is 1490. The van der Waals surface area contributed by atoms with Crippen molar-refractivity contribution in [1.29, 1.82) is 0 Å². The first-order valence-electron chi connectivity index (χ1n) is 11.8. The van der Waals surface area contributed by atoms with E-state index in [9.17, 15) is 0 Å². The molecule has 6 rings (SSSR count). The third-order valence-corrected chi connectivity index (χ3v) is 43.7. The van der Waals surface area contributed by atoms with Crippen molar-refractivity contribution in [2.75, 3.05) is 0 Å². The average molecular weight is 690 g/mol. The fourth-order valence-corrected chi connectivity index (χ4v) is 37.4. The van der Waals surface area contributed by atoms with Gasteiger partial charge in [0.25, 0.3) is 0 Å². The van der Waals surface area contributed by atoms with Crippen molar-refractivity contribution in [3.05, 3.63) is 146 Å². The van der Waals surface area contributed by atoms with E-state index in [-0.39, 0.29) is 24.8 Å². The van der Waals surface area contributed by atoms with Crippen molar-refractivity contribution in [2.24, 2.45) is 0 Å². The molecule has 4 aliphatic carbocycles. The predicted octanol–water partition coefficient (Wildman–Crippen LogP) is 5.58. The molecular formula is C32H28Cl2HfSi. The molecule has 0 atom stereocenters. The summed E-state index contributed by atoms with van der Waals surface area (Å²) in [6.07, 6.45) is 0. The van der Waals surface area contributed by atoms with Gasteiger partial charge < -0.3 is 0 Å². The summed E-state index contributed by atoms with van der Waals surface area (Å²) in [4.78, 5) is 0. The van der Waals surface area contributed by atoms with Crippen LogP contribution in [0.1, 0.15) is 0 Å². The van der Waals surface area contributed by atoms with E-state index in [4.69, 9.17) is 0 Å². The Morgan fingerprint density at radius 3 is 1.08 bits per heavy atom. The molecule has 0 bridgehead atoms. The fraction of sp³-hybridized carbons (Fsp3) is 0. The first-order chi connectivity index (χ1) is 16.7. The van der Waals surface area contributed by atoms with Crippen molar-refractivity contribution < 1.29 is 17.1 Å². The van der Waals surface area contributed by atoms with Crippen LogP contribution in [0.2, 0.25) is 0 Å². The van der Waals surface area contributed by atoms with Gasteiger partial charge >= 0.3 is 205 Å². The molecule has 0 spiro atoms. The summed E-state index contributed by atoms with van der Waals surface area (Å²) >= 11 is -4.56. The first-order valence-corrected chi connectivity index (χ1v) is 27.3. The summed E-state index contributed by atoms with van der Waals surface area (Å²) in [6.45, 7) is 2.33. The Kier molecular flexibility index (Phi) is 7.73. The SMILES string of the molecule is Cl.Cl.[SiH2]=[Hf]([c]1ccccc1)([c]1ccccc1)([c]1ccc2cccccc1-2)[c]1ccc2cccccc1-2. The van der Waals surface area contributed by atoms with E-state index in [1.807, 2.05) is 0 Å². The van der Waals surface area contributed by atoms with Crippen LogP contribution in [0.5, 0.6) is 0 Å². The van der Waals surface area contributed by atoms with E-state index in [2.05, 4.69) is 153 Å². The second-order valence-electron chi connectivity index (χ2n) is 9.24. The van der Waals surface area contributed by atoms with Gasteiger partial charge in [-0.25, -0.2) is 0 Å². The third-order valence-electron chi connectivity index (χ3n) is 7.59. The number of hydrogen-bond acceptors (Lipinski definition) is 0. The standard InChI is InChI=1S/2C10H7.2C6H5.2ClH.Hf.H2Si/c2*1-2-5-9-7-4-8-10(9)6-3-1;2*1-2-4-6-5-3-1;;;;/h2*1-7H;2*1-5H;2*1H;;1H2. The zero-order valence-corrected chi connectivity index (χ0v) is 26.5. The first kappa shape index (κ1) is 26.6. The zero-order chi connectivity index (χ0) is 23.0. The molecule has 4 heteroatoms. The van der Waals surface area contributed by atoms with Gasteiger partial charge in [0.15, 0.2) is 0 Å². The number of hydrogen-bond donors (Lipinski definition) is 0. The normalized spacial score (nSPS) is 11.5. The molecule has 36 heavy (non-hydrogen) atoms. The van der Waals surface area contributed by atoms with Gasteiger partial charge in [0.05, 0.1) is 0 Å². The van der Waals surface area contributed by atoms with Gasteiger partial charge in [-0.1, -0.05) is 0 Å². The third kappa shape index (κ3) is 3.83. The summed E-state index contributed by atoms with van der Waals surface area (Å²) in [5, 5.41) is 0. The molecule has 2 aromatic rings. The van der Waals surface area contributed by atoms with Crippen LogP contribution in [0.3, 0.4) is 0 Å². The second-order valence-corrected chi connectivity index (χ2v) is 39.3. The quantitative estimate of drug-likeness (QED) is 0.212. The molecule has 2 aromatic carbocycles. The Hall–Kier alpha value is -2.49. The minimum atomic E-state index is -4.56. The van der Waals surface area contributed by atoms with Crippen LogP contribution in [0.25, 0.3) is 22.3 Å². The molecular weight excluding hydrogens is 662 g/mol. The van der Waals surface area contributed by atoms with Crippen LogP contribution >= 0.6 is 24.8 Å². The Morgan fingerprint density at radius 1 is 0.361 bits per heavy atom. The van der Waals surface area contributed by atoms with Crippen molar-refractivity contribution in [1.82, 2.24) is 0 Å². The van der Waals surface area contributed by atoms with Gasteiger partial charge in [-0.3, -0.25) is 0 Å². The summed E-state index contributed by atoms with van der Waals surface area (Å²) < 4.78 is 6.03. The molecule has 0 radical (unpaired) electrons. The average Bonchev–Trinajstić information content (AvgIpc) is 3.32. The van der Waals surface area contributed by atoms with E-state index in [1.165, 1.54) is 35.5 Å². The van der Waals surface area contributed by atoms with Crippen LogP contribution in [-0.2, 0) is 17.1 Å². The summed E-state index contributed by atoms with van der Waals surface area (Å²) in [5.41, 5.74) is 5.36. The van der Waals surface area contributed by atoms with E-state index < -0.39 is 17.1 Å². The summed E-state index contributed by atoms with van der Waals surface area (Å²) in [6, 6.07) is 54.4. The zero-order valence-electron chi connectivity index (χ0n) is 19.9. The Labute approximate surface area is 228 Å². The Morgan fingerprint density at radius 2 is 0.694 bits per heavy atom.